The fourth-order valence-corrected chi connectivity index (χ4v) is 1.93. The van der Waals surface area contributed by atoms with Crippen molar-refractivity contribution in [2.75, 3.05) is 13.2 Å². The Kier molecular flexibility index (Phi) is 3.83. The lowest BCUT2D eigenvalue weighted by Crippen LogP contribution is -2.36. The number of rotatable bonds is 5. The van der Waals surface area contributed by atoms with Crippen LogP contribution in [0.4, 0.5) is 0 Å². The molecular weight excluding hydrogens is 228 g/mol. The van der Waals surface area contributed by atoms with E-state index in [9.17, 15) is 4.79 Å². The highest BCUT2D eigenvalue weighted by molar-refractivity contribution is 5.78. The van der Waals surface area contributed by atoms with Gasteiger partial charge in [0.15, 0.2) is 6.61 Å². The average Bonchev–Trinajstić information content (AvgIpc) is 3.22. The van der Waals surface area contributed by atoms with Crippen LogP contribution in [-0.2, 0) is 4.79 Å². The number of ether oxygens (including phenoxy) is 1. The van der Waals surface area contributed by atoms with Crippen molar-refractivity contribution >= 4 is 5.91 Å². The van der Waals surface area contributed by atoms with Crippen LogP contribution in [0.5, 0.6) is 5.75 Å². The zero-order valence-electron chi connectivity index (χ0n) is 10.4. The first-order valence-electron chi connectivity index (χ1n) is 6.17. The number of amides is 1. The summed E-state index contributed by atoms with van der Waals surface area (Å²) in [6, 6.07) is 9.40. The zero-order valence-corrected chi connectivity index (χ0v) is 10.4. The molecule has 1 amide bonds. The molecule has 0 spiro atoms. The van der Waals surface area contributed by atoms with Crippen LogP contribution in [0.2, 0.25) is 0 Å². The second kappa shape index (κ2) is 5.54. The number of likely N-dealkylation sites (N-methyl/N-ethyl adjacent to an activating group) is 1. The Morgan fingerprint density at radius 3 is 2.83 bits per heavy atom. The van der Waals surface area contributed by atoms with E-state index in [0.29, 0.717) is 23.9 Å². The molecule has 0 aliphatic heterocycles. The first-order chi connectivity index (χ1) is 8.76. The van der Waals surface area contributed by atoms with E-state index in [-0.39, 0.29) is 12.5 Å². The number of nitrogens with zero attached hydrogens (tertiary/aromatic N) is 2. The normalized spacial score (nSPS) is 13.8. The van der Waals surface area contributed by atoms with Gasteiger partial charge in [0, 0.05) is 12.6 Å². The van der Waals surface area contributed by atoms with Gasteiger partial charge in [0.25, 0.3) is 5.91 Å². The molecule has 1 aliphatic rings. The Labute approximate surface area is 107 Å². The number of benzene rings is 1. The van der Waals surface area contributed by atoms with Crippen molar-refractivity contribution in [1.82, 2.24) is 4.90 Å². The van der Waals surface area contributed by atoms with E-state index in [0.717, 1.165) is 12.8 Å². The molecular formula is C14H16N2O2. The summed E-state index contributed by atoms with van der Waals surface area (Å²) < 4.78 is 5.44. The van der Waals surface area contributed by atoms with Crippen LogP contribution in [0, 0.1) is 11.3 Å². The lowest BCUT2D eigenvalue weighted by molar-refractivity contribution is -0.133. The monoisotopic (exact) mass is 244 g/mol. The van der Waals surface area contributed by atoms with Crippen LogP contribution in [0.3, 0.4) is 0 Å². The van der Waals surface area contributed by atoms with Crippen molar-refractivity contribution in [3.05, 3.63) is 29.8 Å². The minimum absolute atomic E-state index is 0.00301. The fourth-order valence-electron chi connectivity index (χ4n) is 1.93. The number of nitriles is 1. The third kappa shape index (κ3) is 2.80. The summed E-state index contributed by atoms with van der Waals surface area (Å²) in [7, 11) is 0. The van der Waals surface area contributed by atoms with E-state index < -0.39 is 0 Å². The second-order valence-corrected chi connectivity index (χ2v) is 4.31. The maximum atomic E-state index is 11.9. The molecule has 0 radical (unpaired) electrons. The molecule has 0 saturated heterocycles. The lowest BCUT2D eigenvalue weighted by atomic mass is 10.2. The number of hydrogen-bond donors (Lipinski definition) is 0. The topological polar surface area (TPSA) is 53.3 Å². The molecule has 18 heavy (non-hydrogen) atoms. The van der Waals surface area contributed by atoms with Gasteiger partial charge in [0.2, 0.25) is 0 Å². The summed E-state index contributed by atoms with van der Waals surface area (Å²) in [6.45, 7) is 2.69. The van der Waals surface area contributed by atoms with Crippen molar-refractivity contribution in [2.24, 2.45) is 0 Å². The van der Waals surface area contributed by atoms with E-state index in [1.165, 1.54) is 0 Å². The lowest BCUT2D eigenvalue weighted by Gasteiger charge is -2.20. The molecule has 0 atom stereocenters. The van der Waals surface area contributed by atoms with E-state index in [4.69, 9.17) is 10.00 Å². The molecule has 1 aromatic carbocycles. The van der Waals surface area contributed by atoms with Crippen molar-refractivity contribution in [3.8, 4) is 11.8 Å². The molecule has 1 aromatic rings. The van der Waals surface area contributed by atoms with Gasteiger partial charge in [-0.1, -0.05) is 12.1 Å². The van der Waals surface area contributed by atoms with Gasteiger partial charge in [-0.05, 0) is 31.9 Å². The van der Waals surface area contributed by atoms with Crippen LogP contribution >= 0.6 is 0 Å². The summed E-state index contributed by atoms with van der Waals surface area (Å²) in [5.41, 5.74) is 0.458. The van der Waals surface area contributed by atoms with Crippen molar-refractivity contribution in [2.45, 2.75) is 25.8 Å². The number of carbonyl (C=O) groups excluding carboxylic acids is 1. The largest absolute Gasteiger partial charge is 0.482 e. The highest BCUT2D eigenvalue weighted by atomic mass is 16.5. The Morgan fingerprint density at radius 2 is 2.22 bits per heavy atom. The summed E-state index contributed by atoms with van der Waals surface area (Å²) >= 11 is 0. The maximum Gasteiger partial charge on any atom is 0.260 e. The summed E-state index contributed by atoms with van der Waals surface area (Å²) in [5, 5.41) is 8.91. The molecule has 4 heteroatoms. The Balaban J connectivity index is 1.94. The van der Waals surface area contributed by atoms with Crippen LogP contribution in [-0.4, -0.2) is 30.0 Å². The first-order valence-corrected chi connectivity index (χ1v) is 6.17. The molecule has 1 aliphatic carbocycles. The van der Waals surface area contributed by atoms with Crippen LogP contribution in [0.25, 0.3) is 0 Å². The predicted octanol–water partition coefficient (Wildman–Crippen LogP) is 1.95. The van der Waals surface area contributed by atoms with Crippen molar-refractivity contribution in [1.29, 1.82) is 5.26 Å². The minimum Gasteiger partial charge on any atom is -0.482 e. The average molecular weight is 244 g/mol. The first kappa shape index (κ1) is 12.4. The fraction of sp³-hybridized carbons (Fsp3) is 0.429. The van der Waals surface area contributed by atoms with Crippen LogP contribution in [0.1, 0.15) is 25.3 Å². The van der Waals surface area contributed by atoms with Gasteiger partial charge < -0.3 is 9.64 Å². The van der Waals surface area contributed by atoms with Gasteiger partial charge in [0.1, 0.15) is 11.8 Å². The van der Waals surface area contributed by atoms with E-state index in [2.05, 4.69) is 0 Å². The smallest absolute Gasteiger partial charge is 0.260 e. The molecule has 2 rings (SSSR count). The molecule has 0 bridgehead atoms. The molecule has 4 nitrogen and oxygen atoms in total. The van der Waals surface area contributed by atoms with Gasteiger partial charge in [-0.2, -0.15) is 5.26 Å². The molecule has 0 unspecified atom stereocenters. The summed E-state index contributed by atoms with van der Waals surface area (Å²) in [4.78, 5) is 13.8. The standard InChI is InChI=1S/C14H16N2O2/c1-2-16(12-7-8-12)14(17)10-18-13-6-4-3-5-11(13)9-15/h3-6,12H,2,7-8,10H2,1H3. The van der Waals surface area contributed by atoms with E-state index in [1.54, 1.807) is 24.3 Å². The summed E-state index contributed by atoms with van der Waals surface area (Å²) in [5.74, 6) is 0.466. The maximum absolute atomic E-state index is 11.9. The Hall–Kier alpha value is -2.02. The highest BCUT2D eigenvalue weighted by Gasteiger charge is 2.31. The van der Waals surface area contributed by atoms with Crippen LogP contribution < -0.4 is 4.74 Å². The van der Waals surface area contributed by atoms with Gasteiger partial charge in [0.05, 0.1) is 5.56 Å². The molecule has 0 N–H and O–H groups in total. The molecule has 0 heterocycles. The van der Waals surface area contributed by atoms with Crippen molar-refractivity contribution in [3.63, 3.8) is 0 Å². The third-order valence-electron chi connectivity index (χ3n) is 3.01. The second-order valence-electron chi connectivity index (χ2n) is 4.31. The number of carbonyl (C=O) groups is 1. The molecule has 1 fully saturated rings. The Morgan fingerprint density at radius 1 is 1.50 bits per heavy atom. The minimum atomic E-state index is -0.00672. The van der Waals surface area contributed by atoms with Gasteiger partial charge in [-0.15, -0.1) is 0 Å². The molecule has 1 saturated carbocycles. The SMILES string of the molecule is CCN(C(=O)COc1ccccc1C#N)C1CC1. The van der Waals surface area contributed by atoms with Gasteiger partial charge in [-0.3, -0.25) is 4.79 Å². The number of para-hydroxylation sites is 1. The van der Waals surface area contributed by atoms with E-state index in [1.807, 2.05) is 17.9 Å². The molecule has 0 aromatic heterocycles. The zero-order chi connectivity index (χ0) is 13.0. The number of hydrogen-bond acceptors (Lipinski definition) is 3. The van der Waals surface area contributed by atoms with Gasteiger partial charge >= 0.3 is 0 Å². The van der Waals surface area contributed by atoms with Crippen molar-refractivity contribution < 1.29 is 9.53 Å². The Bertz CT molecular complexity index is 475. The highest BCUT2D eigenvalue weighted by Crippen LogP contribution is 2.26. The molecule has 94 valence electrons. The predicted molar refractivity (Wildman–Crippen MR) is 67.1 cm³/mol. The summed E-state index contributed by atoms with van der Waals surface area (Å²) in [6.07, 6.45) is 2.18. The van der Waals surface area contributed by atoms with Gasteiger partial charge in [-0.25, -0.2) is 0 Å². The van der Waals surface area contributed by atoms with Crippen LogP contribution in [0.15, 0.2) is 24.3 Å². The van der Waals surface area contributed by atoms with E-state index >= 15 is 0 Å². The third-order valence-corrected chi connectivity index (χ3v) is 3.01. The quantitative estimate of drug-likeness (QED) is 0.795.